The summed E-state index contributed by atoms with van der Waals surface area (Å²) in [5, 5.41) is 8.88. The lowest BCUT2D eigenvalue weighted by atomic mass is 9.80. The van der Waals surface area contributed by atoms with Crippen LogP contribution in [0.4, 0.5) is 9.18 Å². The number of halogens is 1. The molecule has 2 aromatic rings. The molecule has 2 fully saturated rings. The Morgan fingerprint density at radius 2 is 1.81 bits per heavy atom. The normalized spacial score (nSPS) is 22.5. The van der Waals surface area contributed by atoms with Crippen molar-refractivity contribution in [3.63, 3.8) is 0 Å². The average Bonchev–Trinajstić information content (AvgIpc) is 2.78. The number of fused-ring (bicyclic) bond motifs is 2. The molecular formula is C24H23FN2O4. The zero-order valence-corrected chi connectivity index (χ0v) is 17.0. The Morgan fingerprint density at radius 1 is 1.10 bits per heavy atom. The first-order chi connectivity index (χ1) is 15.1. The summed E-state index contributed by atoms with van der Waals surface area (Å²) in [7, 11) is 0. The van der Waals surface area contributed by atoms with Gasteiger partial charge in [0, 0.05) is 5.92 Å². The maximum atomic E-state index is 14.4. The topological polar surface area (TPSA) is 79.6 Å². The number of piperidine rings is 1. The molecule has 0 N–H and O–H groups in total. The number of nitrogens with zero attached hydrogens (tertiary/aromatic N) is 2. The van der Waals surface area contributed by atoms with Crippen LogP contribution in [0.2, 0.25) is 0 Å². The molecule has 2 atom stereocenters. The fourth-order valence-corrected chi connectivity index (χ4v) is 4.40. The van der Waals surface area contributed by atoms with Gasteiger partial charge in [0.05, 0.1) is 43.4 Å². The summed E-state index contributed by atoms with van der Waals surface area (Å²) < 4.78 is 25.5. The van der Waals surface area contributed by atoms with Gasteiger partial charge < -0.3 is 9.47 Å². The highest BCUT2D eigenvalue weighted by molar-refractivity contribution is 5.98. The van der Waals surface area contributed by atoms with Gasteiger partial charge in [-0.2, -0.15) is 5.26 Å². The third kappa shape index (κ3) is 4.59. The van der Waals surface area contributed by atoms with Crippen LogP contribution in [0.5, 0.6) is 0 Å². The Labute approximate surface area is 180 Å². The van der Waals surface area contributed by atoms with Gasteiger partial charge in [-0.15, -0.1) is 0 Å². The summed E-state index contributed by atoms with van der Waals surface area (Å²) in [4.78, 5) is 27.6. The van der Waals surface area contributed by atoms with E-state index >= 15 is 0 Å². The quantitative estimate of drug-likeness (QED) is 0.683. The number of hydrogen-bond donors (Lipinski definition) is 0. The predicted octanol–water partition coefficient (Wildman–Crippen LogP) is 3.89. The standard InChI is InChI=1S/C24H23FN2O4/c25-22-7-6-16(8-9-26)10-21(22)23(28)18-11-19-14-30-15-20(12-18)27(19)24(29)31-13-17-4-2-1-3-5-17/h1-7,10,18-20H,8,11-15H2. The fourth-order valence-electron chi connectivity index (χ4n) is 4.40. The van der Waals surface area contributed by atoms with E-state index in [1.165, 1.54) is 18.2 Å². The highest BCUT2D eigenvalue weighted by Crippen LogP contribution is 2.34. The van der Waals surface area contributed by atoms with Crippen LogP contribution in [0, 0.1) is 23.1 Å². The van der Waals surface area contributed by atoms with E-state index in [2.05, 4.69) is 0 Å². The van der Waals surface area contributed by atoms with Crippen LogP contribution >= 0.6 is 0 Å². The van der Waals surface area contributed by atoms with Crippen molar-refractivity contribution in [3.05, 3.63) is 71.0 Å². The molecule has 2 heterocycles. The molecule has 0 spiro atoms. The van der Waals surface area contributed by atoms with E-state index in [0.29, 0.717) is 31.6 Å². The number of benzene rings is 2. The predicted molar refractivity (Wildman–Crippen MR) is 110 cm³/mol. The van der Waals surface area contributed by atoms with Gasteiger partial charge in [0.25, 0.3) is 0 Å². The first-order valence-corrected chi connectivity index (χ1v) is 10.3. The summed E-state index contributed by atoms with van der Waals surface area (Å²) in [6.07, 6.45) is 0.469. The van der Waals surface area contributed by atoms with Crippen molar-refractivity contribution in [1.82, 2.24) is 4.90 Å². The van der Waals surface area contributed by atoms with Gasteiger partial charge in [0.2, 0.25) is 0 Å². The number of Topliss-reactive ketones (excluding diaryl/α,β-unsaturated/α-hetero) is 1. The van der Waals surface area contributed by atoms with E-state index in [9.17, 15) is 14.0 Å². The Hall–Kier alpha value is -3.24. The lowest BCUT2D eigenvalue weighted by Gasteiger charge is -2.47. The number of amides is 1. The van der Waals surface area contributed by atoms with Gasteiger partial charge in [-0.25, -0.2) is 9.18 Å². The summed E-state index contributed by atoms with van der Waals surface area (Å²) in [5.74, 6) is -1.28. The lowest BCUT2D eigenvalue weighted by Crippen LogP contribution is -2.60. The molecule has 160 valence electrons. The molecule has 0 radical (unpaired) electrons. The van der Waals surface area contributed by atoms with Crippen LogP contribution in [0.1, 0.15) is 34.3 Å². The molecule has 1 amide bonds. The summed E-state index contributed by atoms with van der Waals surface area (Å²) in [5.41, 5.74) is 1.52. The Morgan fingerprint density at radius 3 is 2.48 bits per heavy atom. The number of carbonyl (C=O) groups is 2. The number of hydrogen-bond acceptors (Lipinski definition) is 5. The number of nitriles is 1. The second kappa shape index (κ2) is 9.27. The maximum Gasteiger partial charge on any atom is 0.410 e. The van der Waals surface area contributed by atoms with Crippen molar-refractivity contribution in [3.8, 4) is 6.07 Å². The average molecular weight is 422 g/mol. The van der Waals surface area contributed by atoms with Gasteiger partial charge >= 0.3 is 6.09 Å². The van der Waals surface area contributed by atoms with Crippen LogP contribution in [0.15, 0.2) is 48.5 Å². The lowest BCUT2D eigenvalue weighted by molar-refractivity contribution is -0.0755. The van der Waals surface area contributed by atoms with E-state index in [4.69, 9.17) is 14.7 Å². The Balaban J connectivity index is 1.46. The number of ether oxygens (including phenoxy) is 2. The number of morpholine rings is 1. The molecule has 2 aliphatic heterocycles. The minimum atomic E-state index is -0.585. The van der Waals surface area contributed by atoms with Crippen molar-refractivity contribution in [2.45, 2.75) is 38.0 Å². The van der Waals surface area contributed by atoms with Gasteiger partial charge in [0.1, 0.15) is 12.4 Å². The minimum absolute atomic E-state index is 0.0110. The second-order valence-electron chi connectivity index (χ2n) is 7.97. The van der Waals surface area contributed by atoms with Crippen LogP contribution in [-0.2, 0) is 22.5 Å². The van der Waals surface area contributed by atoms with Crippen LogP contribution in [-0.4, -0.2) is 42.1 Å². The first-order valence-electron chi connectivity index (χ1n) is 10.3. The summed E-state index contributed by atoms with van der Waals surface area (Å²) >= 11 is 0. The molecule has 0 saturated carbocycles. The third-order valence-corrected chi connectivity index (χ3v) is 5.89. The van der Waals surface area contributed by atoms with Crippen molar-refractivity contribution in [2.24, 2.45) is 5.92 Å². The molecular weight excluding hydrogens is 399 g/mol. The zero-order valence-electron chi connectivity index (χ0n) is 17.0. The number of rotatable bonds is 5. The van der Waals surface area contributed by atoms with Crippen molar-refractivity contribution < 1.29 is 23.5 Å². The zero-order chi connectivity index (χ0) is 21.8. The van der Waals surface area contributed by atoms with E-state index in [-0.39, 0.29) is 36.5 Å². The Bertz CT molecular complexity index is 990. The fraction of sp³-hybridized carbons (Fsp3) is 0.375. The molecule has 6 nitrogen and oxygen atoms in total. The highest BCUT2D eigenvalue weighted by Gasteiger charge is 2.44. The third-order valence-electron chi connectivity index (χ3n) is 5.89. The van der Waals surface area contributed by atoms with Gasteiger partial charge in [-0.05, 0) is 36.1 Å². The van der Waals surface area contributed by atoms with Crippen molar-refractivity contribution >= 4 is 11.9 Å². The van der Waals surface area contributed by atoms with Crippen LogP contribution in [0.25, 0.3) is 0 Å². The molecule has 0 aromatic heterocycles. The van der Waals surface area contributed by atoms with Crippen LogP contribution in [0.3, 0.4) is 0 Å². The van der Waals surface area contributed by atoms with Gasteiger partial charge in [-0.1, -0.05) is 36.4 Å². The maximum absolute atomic E-state index is 14.4. The molecule has 2 aromatic carbocycles. The largest absolute Gasteiger partial charge is 0.445 e. The number of ketones is 1. The molecule has 2 aliphatic rings. The second-order valence-corrected chi connectivity index (χ2v) is 7.97. The summed E-state index contributed by atoms with van der Waals surface area (Å²) in [6.45, 7) is 0.811. The molecule has 7 heteroatoms. The molecule has 31 heavy (non-hydrogen) atoms. The first kappa shape index (κ1) is 21.0. The SMILES string of the molecule is N#CCc1ccc(F)c(C(=O)C2CC3COCC(C2)N3C(=O)OCc2ccccc2)c1. The minimum Gasteiger partial charge on any atom is -0.445 e. The molecule has 2 saturated heterocycles. The monoisotopic (exact) mass is 422 g/mol. The van der Waals surface area contributed by atoms with Gasteiger partial charge in [0.15, 0.2) is 5.78 Å². The molecule has 2 unspecified atom stereocenters. The van der Waals surface area contributed by atoms with Crippen molar-refractivity contribution in [1.29, 1.82) is 5.26 Å². The Kier molecular flexibility index (Phi) is 6.28. The smallest absolute Gasteiger partial charge is 0.410 e. The van der Waals surface area contributed by atoms with Gasteiger partial charge in [-0.3, -0.25) is 9.69 Å². The van der Waals surface area contributed by atoms with E-state index in [0.717, 1.165) is 5.56 Å². The van der Waals surface area contributed by atoms with Crippen LogP contribution < -0.4 is 0 Å². The molecule has 0 aliphatic carbocycles. The number of carbonyl (C=O) groups excluding carboxylic acids is 2. The molecule has 2 bridgehead atoms. The van der Waals surface area contributed by atoms with E-state index in [1.54, 1.807) is 4.90 Å². The molecule has 4 rings (SSSR count). The van der Waals surface area contributed by atoms with E-state index < -0.39 is 17.8 Å². The summed E-state index contributed by atoms with van der Waals surface area (Å²) in [6, 6.07) is 15.1. The van der Waals surface area contributed by atoms with Crippen molar-refractivity contribution in [2.75, 3.05) is 13.2 Å². The van der Waals surface area contributed by atoms with E-state index in [1.807, 2.05) is 36.4 Å². The highest BCUT2D eigenvalue weighted by atomic mass is 19.1.